The van der Waals surface area contributed by atoms with Gasteiger partial charge in [-0.3, -0.25) is 4.79 Å². The van der Waals surface area contributed by atoms with Crippen molar-refractivity contribution in [2.75, 3.05) is 6.54 Å². The van der Waals surface area contributed by atoms with Crippen molar-refractivity contribution in [2.24, 2.45) is 5.92 Å². The maximum atomic E-state index is 12.3. The summed E-state index contributed by atoms with van der Waals surface area (Å²) in [5, 5.41) is 3.08. The molecule has 1 aromatic carbocycles. The number of amides is 1. The number of aromatic nitrogens is 2. The van der Waals surface area contributed by atoms with Crippen molar-refractivity contribution in [3.8, 4) is 0 Å². The summed E-state index contributed by atoms with van der Waals surface area (Å²) in [4.78, 5) is 16.6. The third-order valence-corrected chi connectivity index (χ3v) is 4.27. The van der Waals surface area contributed by atoms with Crippen LogP contribution in [0.2, 0.25) is 0 Å². The Labute approximate surface area is 125 Å². The number of imidazole rings is 1. The maximum absolute atomic E-state index is 12.3. The first-order valence-corrected chi connectivity index (χ1v) is 7.56. The number of fused-ring (bicyclic) bond motifs is 1. The molecule has 1 amide bonds. The van der Waals surface area contributed by atoms with Crippen LogP contribution in [0.4, 0.5) is 0 Å². The Morgan fingerprint density at radius 1 is 1.43 bits per heavy atom. The van der Waals surface area contributed by atoms with Gasteiger partial charge >= 0.3 is 0 Å². The van der Waals surface area contributed by atoms with Gasteiger partial charge < -0.3 is 9.88 Å². The smallest absolute Gasteiger partial charge is 0.223 e. The number of nitrogens with zero attached hydrogens (tertiary/aromatic N) is 2. The molecule has 0 bridgehead atoms. The van der Waals surface area contributed by atoms with E-state index < -0.39 is 0 Å². The van der Waals surface area contributed by atoms with E-state index in [0.29, 0.717) is 6.54 Å². The molecule has 2 aromatic rings. The highest BCUT2D eigenvalue weighted by Crippen LogP contribution is 2.19. The van der Waals surface area contributed by atoms with Gasteiger partial charge in [0.05, 0.1) is 0 Å². The quantitative estimate of drug-likeness (QED) is 0.934. The van der Waals surface area contributed by atoms with Gasteiger partial charge in [0.15, 0.2) is 0 Å². The zero-order valence-electron chi connectivity index (χ0n) is 12.4. The first-order valence-electron chi connectivity index (χ1n) is 7.56. The summed E-state index contributed by atoms with van der Waals surface area (Å²) >= 11 is 0. The molecular weight excluding hydrogens is 262 g/mol. The van der Waals surface area contributed by atoms with E-state index in [0.717, 1.165) is 31.6 Å². The Morgan fingerprint density at radius 3 is 3.14 bits per heavy atom. The predicted octanol–water partition coefficient (Wildman–Crippen LogP) is 2.11. The summed E-state index contributed by atoms with van der Waals surface area (Å²) in [7, 11) is 0. The van der Waals surface area contributed by atoms with Crippen molar-refractivity contribution in [2.45, 2.75) is 32.7 Å². The lowest BCUT2D eigenvalue weighted by atomic mass is 9.96. The Balaban J connectivity index is 1.50. The van der Waals surface area contributed by atoms with Crippen LogP contribution in [0.3, 0.4) is 0 Å². The number of rotatable bonds is 4. The second-order valence-corrected chi connectivity index (χ2v) is 5.69. The van der Waals surface area contributed by atoms with Crippen molar-refractivity contribution in [1.82, 2.24) is 14.9 Å². The Morgan fingerprint density at radius 2 is 2.29 bits per heavy atom. The van der Waals surface area contributed by atoms with Crippen molar-refractivity contribution in [3.63, 3.8) is 0 Å². The largest absolute Gasteiger partial charge is 0.356 e. The number of benzene rings is 1. The molecular formula is C17H21N3O. The predicted molar refractivity (Wildman–Crippen MR) is 81.9 cm³/mol. The average molecular weight is 283 g/mol. The standard InChI is InChI=1S/C17H21N3O/c1-13-4-2-3-5-14(13)6-8-19-17(21)15-7-10-20-11-9-18-16(20)12-15/h2-5,9,11,15H,6-8,10,12H2,1H3,(H,19,21). The Kier molecular flexibility index (Phi) is 4.04. The van der Waals surface area contributed by atoms with E-state index in [-0.39, 0.29) is 11.8 Å². The van der Waals surface area contributed by atoms with E-state index in [1.54, 1.807) is 0 Å². The van der Waals surface area contributed by atoms with E-state index in [1.165, 1.54) is 11.1 Å². The molecule has 1 atom stereocenters. The molecule has 4 nitrogen and oxygen atoms in total. The molecule has 1 aliphatic heterocycles. The van der Waals surface area contributed by atoms with Gasteiger partial charge in [-0.1, -0.05) is 24.3 Å². The van der Waals surface area contributed by atoms with Crippen LogP contribution in [-0.4, -0.2) is 22.0 Å². The van der Waals surface area contributed by atoms with Crippen LogP contribution in [0.15, 0.2) is 36.7 Å². The number of carbonyl (C=O) groups is 1. The average Bonchev–Trinajstić information content (AvgIpc) is 2.96. The van der Waals surface area contributed by atoms with E-state index >= 15 is 0 Å². The van der Waals surface area contributed by atoms with Crippen molar-refractivity contribution in [1.29, 1.82) is 0 Å². The second kappa shape index (κ2) is 6.12. The highest BCUT2D eigenvalue weighted by molar-refractivity contribution is 5.79. The molecule has 21 heavy (non-hydrogen) atoms. The summed E-state index contributed by atoms with van der Waals surface area (Å²) in [6.45, 7) is 3.71. The van der Waals surface area contributed by atoms with Gasteiger partial charge in [-0.15, -0.1) is 0 Å². The molecule has 1 N–H and O–H groups in total. The summed E-state index contributed by atoms with van der Waals surface area (Å²) in [5.41, 5.74) is 2.59. The molecule has 0 radical (unpaired) electrons. The zero-order valence-corrected chi connectivity index (χ0v) is 12.4. The van der Waals surface area contributed by atoms with Gasteiger partial charge in [0.25, 0.3) is 0 Å². The lowest BCUT2D eigenvalue weighted by Gasteiger charge is -2.22. The minimum Gasteiger partial charge on any atom is -0.356 e. The van der Waals surface area contributed by atoms with Crippen molar-refractivity contribution in [3.05, 3.63) is 53.6 Å². The van der Waals surface area contributed by atoms with Crippen LogP contribution in [0.25, 0.3) is 0 Å². The summed E-state index contributed by atoms with van der Waals surface area (Å²) in [5.74, 6) is 1.26. The van der Waals surface area contributed by atoms with Gasteiger partial charge in [0.1, 0.15) is 5.82 Å². The third-order valence-electron chi connectivity index (χ3n) is 4.27. The molecule has 0 fully saturated rings. The highest BCUT2D eigenvalue weighted by atomic mass is 16.1. The SMILES string of the molecule is Cc1ccccc1CCNC(=O)C1CCn2ccnc2C1. The molecule has 110 valence electrons. The number of nitrogens with one attached hydrogen (secondary N) is 1. The van der Waals surface area contributed by atoms with Gasteiger partial charge in [0.2, 0.25) is 5.91 Å². The zero-order chi connectivity index (χ0) is 14.7. The van der Waals surface area contributed by atoms with Gasteiger partial charge in [-0.2, -0.15) is 0 Å². The van der Waals surface area contributed by atoms with Gasteiger partial charge in [0, 0.05) is 37.8 Å². The lowest BCUT2D eigenvalue weighted by molar-refractivity contribution is -0.125. The normalized spacial score (nSPS) is 17.3. The molecule has 1 aliphatic rings. The Bertz CT molecular complexity index is 632. The summed E-state index contributed by atoms with van der Waals surface area (Å²) < 4.78 is 2.14. The van der Waals surface area contributed by atoms with Gasteiger partial charge in [-0.25, -0.2) is 4.98 Å². The van der Waals surface area contributed by atoms with Crippen molar-refractivity contribution >= 4 is 5.91 Å². The fraction of sp³-hybridized carbons (Fsp3) is 0.412. The minimum atomic E-state index is 0.0665. The maximum Gasteiger partial charge on any atom is 0.223 e. The van der Waals surface area contributed by atoms with E-state index in [4.69, 9.17) is 0 Å². The van der Waals surface area contributed by atoms with Gasteiger partial charge in [-0.05, 0) is 30.9 Å². The molecule has 0 spiro atoms. The molecule has 0 aliphatic carbocycles. The van der Waals surface area contributed by atoms with Crippen molar-refractivity contribution < 1.29 is 4.79 Å². The molecule has 1 unspecified atom stereocenters. The summed E-state index contributed by atoms with van der Waals surface area (Å²) in [6, 6.07) is 8.32. The number of aryl methyl sites for hydroxylation is 2. The second-order valence-electron chi connectivity index (χ2n) is 5.69. The van der Waals surface area contributed by atoms with E-state index in [2.05, 4.69) is 33.9 Å². The lowest BCUT2D eigenvalue weighted by Crippen LogP contribution is -2.36. The van der Waals surface area contributed by atoms with Crippen LogP contribution >= 0.6 is 0 Å². The first kappa shape index (κ1) is 13.9. The van der Waals surface area contributed by atoms with E-state index in [9.17, 15) is 4.79 Å². The third kappa shape index (κ3) is 3.15. The first-order chi connectivity index (χ1) is 10.2. The Hall–Kier alpha value is -2.10. The topological polar surface area (TPSA) is 46.9 Å². The van der Waals surface area contributed by atoms with Crippen LogP contribution in [0.5, 0.6) is 0 Å². The number of hydrogen-bond donors (Lipinski definition) is 1. The van der Waals surface area contributed by atoms with Crippen LogP contribution in [0, 0.1) is 12.8 Å². The molecule has 1 aromatic heterocycles. The number of hydrogen-bond acceptors (Lipinski definition) is 2. The molecule has 2 heterocycles. The number of carbonyl (C=O) groups excluding carboxylic acids is 1. The fourth-order valence-electron chi connectivity index (χ4n) is 2.93. The molecule has 3 rings (SSSR count). The summed E-state index contributed by atoms with van der Waals surface area (Å²) in [6.07, 6.45) is 6.35. The molecule has 0 saturated carbocycles. The minimum absolute atomic E-state index is 0.0665. The monoisotopic (exact) mass is 283 g/mol. The van der Waals surface area contributed by atoms with Crippen LogP contribution in [-0.2, 0) is 24.2 Å². The fourth-order valence-corrected chi connectivity index (χ4v) is 2.93. The molecule has 4 heteroatoms. The van der Waals surface area contributed by atoms with Crippen LogP contribution < -0.4 is 5.32 Å². The highest BCUT2D eigenvalue weighted by Gasteiger charge is 2.24. The van der Waals surface area contributed by atoms with Crippen LogP contribution in [0.1, 0.15) is 23.4 Å². The molecule has 0 saturated heterocycles. The van der Waals surface area contributed by atoms with E-state index in [1.807, 2.05) is 24.5 Å².